The van der Waals surface area contributed by atoms with E-state index in [2.05, 4.69) is 38.0 Å². The first kappa shape index (κ1) is 30.3. The van der Waals surface area contributed by atoms with E-state index in [0.29, 0.717) is 31.1 Å². The average molecular weight is 625 g/mol. The van der Waals surface area contributed by atoms with Gasteiger partial charge in [0.25, 0.3) is 0 Å². The molecule has 0 aliphatic carbocycles. The Morgan fingerprint density at radius 2 is 1.85 bits per heavy atom. The fourth-order valence-electron chi connectivity index (χ4n) is 7.35. The Hall–Kier alpha value is -4.38. The molecule has 1 amide bonds. The zero-order valence-corrected chi connectivity index (χ0v) is 27.0. The van der Waals surface area contributed by atoms with Crippen LogP contribution in [0, 0.1) is 24.6 Å². The van der Waals surface area contributed by atoms with Crippen LogP contribution in [0.5, 0.6) is 0 Å². The monoisotopic (exact) mass is 624 g/mol. The Balaban J connectivity index is 1.38. The molecule has 10 nitrogen and oxygen atoms in total. The van der Waals surface area contributed by atoms with Crippen LogP contribution in [0.25, 0.3) is 33.3 Å². The summed E-state index contributed by atoms with van der Waals surface area (Å²) in [5.41, 5.74) is 5.78. The lowest BCUT2D eigenvalue weighted by molar-refractivity contribution is -0.129. The first-order valence-electron chi connectivity index (χ1n) is 16.2. The van der Waals surface area contributed by atoms with Gasteiger partial charge in [-0.1, -0.05) is 23.4 Å². The number of fused-ring (bicyclic) bond motifs is 3. The second-order valence-corrected chi connectivity index (χ2v) is 13.0. The van der Waals surface area contributed by atoms with Crippen molar-refractivity contribution in [3.63, 3.8) is 0 Å². The molecule has 7 rings (SSSR count). The number of rotatable bonds is 7. The number of hydrogen-bond acceptors (Lipinski definition) is 7. The van der Waals surface area contributed by atoms with Crippen LogP contribution in [-0.4, -0.2) is 80.7 Å². The lowest BCUT2D eigenvalue weighted by atomic mass is 9.86. The van der Waals surface area contributed by atoms with E-state index in [9.17, 15) is 4.79 Å². The van der Waals surface area contributed by atoms with Crippen molar-refractivity contribution in [1.82, 2.24) is 34.4 Å². The fourth-order valence-corrected chi connectivity index (χ4v) is 7.35. The molecular weight excluding hydrogens is 583 g/mol. The highest BCUT2D eigenvalue weighted by Gasteiger charge is 2.33. The Labute approximate surface area is 268 Å². The number of aromatic nitrogens is 6. The summed E-state index contributed by atoms with van der Waals surface area (Å²) in [7, 11) is 5.51. The molecule has 1 atom stereocenters. The number of halogens is 1. The van der Waals surface area contributed by atoms with E-state index in [1.54, 1.807) is 21.7 Å². The Morgan fingerprint density at radius 1 is 1.09 bits per heavy atom. The number of benzene rings is 1. The van der Waals surface area contributed by atoms with Crippen molar-refractivity contribution in [1.29, 1.82) is 0 Å². The quantitative estimate of drug-likeness (QED) is 0.235. The predicted octanol–water partition coefficient (Wildman–Crippen LogP) is 5.54. The molecule has 2 fully saturated rings. The van der Waals surface area contributed by atoms with Gasteiger partial charge in [0.05, 0.1) is 28.5 Å². The van der Waals surface area contributed by atoms with Crippen molar-refractivity contribution >= 4 is 33.8 Å². The van der Waals surface area contributed by atoms with Crippen molar-refractivity contribution in [3.05, 3.63) is 65.7 Å². The molecule has 0 bridgehead atoms. The van der Waals surface area contributed by atoms with Crippen LogP contribution in [0.1, 0.15) is 49.4 Å². The summed E-state index contributed by atoms with van der Waals surface area (Å²) in [5.74, 6) is 1.35. The van der Waals surface area contributed by atoms with E-state index < -0.39 is 0 Å². The number of ether oxygens (including phenoxy) is 1. The van der Waals surface area contributed by atoms with Gasteiger partial charge in [-0.25, -0.2) is 14.1 Å². The minimum absolute atomic E-state index is 0.142. The normalized spacial score (nSPS) is 17.2. The van der Waals surface area contributed by atoms with Gasteiger partial charge in [-0.15, -0.1) is 5.10 Å². The number of carbonyl (C=O) groups is 1. The minimum atomic E-state index is -0.307. The number of aryl methyl sites for hydroxylation is 2. The maximum atomic E-state index is 15.8. The number of anilines is 1. The van der Waals surface area contributed by atoms with Crippen LogP contribution in [0.4, 0.5) is 10.2 Å². The number of pyridine rings is 2. The molecule has 0 saturated carbocycles. The van der Waals surface area contributed by atoms with Crippen LogP contribution < -0.4 is 4.90 Å². The molecule has 46 heavy (non-hydrogen) atoms. The van der Waals surface area contributed by atoms with Crippen molar-refractivity contribution < 1.29 is 13.9 Å². The standard InChI is InChI=1S/C35H41FN8O2/c1-22-33(42(4)40-39-22)25-20-29-32(37-21-25)27-9-10-30(43-15-11-23(12-16-43)19-31(45)41(2)3)38-35(27)44(29)34(24-13-17-46-18-14-24)26-7-5-6-8-28(26)36/h5-10,20-21,23-24,34H,11-19H2,1-4H3/t34-/m0/s1. The van der Waals surface area contributed by atoms with Gasteiger partial charge in [0.15, 0.2) is 0 Å². The van der Waals surface area contributed by atoms with E-state index in [1.807, 2.05) is 46.4 Å². The summed E-state index contributed by atoms with van der Waals surface area (Å²) in [6.45, 7) is 4.88. The number of piperidine rings is 1. The van der Waals surface area contributed by atoms with Crippen molar-refractivity contribution in [2.75, 3.05) is 45.3 Å². The summed E-state index contributed by atoms with van der Waals surface area (Å²) in [6, 6.07) is 13.1. The smallest absolute Gasteiger partial charge is 0.222 e. The van der Waals surface area contributed by atoms with Gasteiger partial charge in [-0.3, -0.25) is 9.78 Å². The van der Waals surface area contributed by atoms with Crippen molar-refractivity contribution in [3.8, 4) is 11.3 Å². The van der Waals surface area contributed by atoms with Crippen LogP contribution in [0.15, 0.2) is 48.7 Å². The number of hydrogen-bond donors (Lipinski definition) is 0. The van der Waals surface area contributed by atoms with Gasteiger partial charge in [0.2, 0.25) is 5.91 Å². The highest BCUT2D eigenvalue weighted by Crippen LogP contribution is 2.42. The highest BCUT2D eigenvalue weighted by molar-refractivity contribution is 6.05. The first-order valence-corrected chi connectivity index (χ1v) is 16.2. The van der Waals surface area contributed by atoms with Crippen molar-refractivity contribution in [2.45, 2.75) is 45.1 Å². The van der Waals surface area contributed by atoms with Gasteiger partial charge in [0, 0.05) is 76.6 Å². The molecule has 0 radical (unpaired) electrons. The second kappa shape index (κ2) is 12.4. The molecule has 0 unspecified atom stereocenters. The summed E-state index contributed by atoms with van der Waals surface area (Å²) in [5, 5.41) is 9.44. The molecule has 6 heterocycles. The van der Waals surface area contributed by atoms with Gasteiger partial charge in [-0.2, -0.15) is 0 Å². The highest BCUT2D eigenvalue weighted by atomic mass is 19.1. The maximum absolute atomic E-state index is 15.8. The van der Waals surface area contributed by atoms with Gasteiger partial charge in [-0.05, 0) is 68.7 Å². The number of amides is 1. The molecule has 2 aliphatic heterocycles. The molecule has 2 saturated heterocycles. The van der Waals surface area contributed by atoms with Crippen LogP contribution >= 0.6 is 0 Å². The zero-order chi connectivity index (χ0) is 31.9. The molecular formula is C35H41FN8O2. The lowest BCUT2D eigenvalue weighted by Gasteiger charge is -2.34. The van der Waals surface area contributed by atoms with Crippen LogP contribution in [-0.2, 0) is 16.6 Å². The molecule has 240 valence electrons. The maximum Gasteiger partial charge on any atom is 0.222 e. The van der Waals surface area contributed by atoms with Crippen molar-refractivity contribution in [2.24, 2.45) is 18.9 Å². The summed E-state index contributed by atoms with van der Waals surface area (Å²) in [6.07, 6.45) is 5.96. The average Bonchev–Trinajstić information content (AvgIpc) is 3.57. The first-order chi connectivity index (χ1) is 22.3. The molecule has 4 aromatic heterocycles. The third kappa shape index (κ3) is 5.50. The Bertz CT molecular complexity index is 1870. The molecule has 5 aromatic rings. The predicted molar refractivity (Wildman–Crippen MR) is 176 cm³/mol. The Kier molecular flexibility index (Phi) is 8.18. The number of nitrogens with zero attached hydrogens (tertiary/aromatic N) is 8. The molecule has 2 aliphatic rings. The van der Waals surface area contributed by atoms with E-state index in [0.717, 1.165) is 83.6 Å². The van der Waals surface area contributed by atoms with Crippen LogP contribution in [0.3, 0.4) is 0 Å². The molecule has 0 spiro atoms. The topological polar surface area (TPSA) is 94.2 Å². The third-order valence-corrected chi connectivity index (χ3v) is 9.85. The van der Waals surface area contributed by atoms with Crippen LogP contribution in [0.2, 0.25) is 0 Å². The zero-order valence-electron chi connectivity index (χ0n) is 27.0. The van der Waals surface area contributed by atoms with Gasteiger partial charge in [0.1, 0.15) is 17.3 Å². The molecule has 11 heteroatoms. The lowest BCUT2D eigenvalue weighted by Crippen LogP contribution is -2.36. The summed E-state index contributed by atoms with van der Waals surface area (Å²) in [4.78, 5) is 26.7. The van der Waals surface area contributed by atoms with E-state index in [4.69, 9.17) is 14.7 Å². The van der Waals surface area contributed by atoms with Gasteiger partial charge >= 0.3 is 0 Å². The largest absolute Gasteiger partial charge is 0.381 e. The second-order valence-electron chi connectivity index (χ2n) is 13.0. The molecule has 1 aromatic carbocycles. The summed E-state index contributed by atoms with van der Waals surface area (Å²) < 4.78 is 25.6. The SMILES string of the molecule is Cc1nnn(C)c1-c1cnc2c3ccc(N4CCC(CC(=O)N(C)C)CC4)nc3n([C@H](c3ccccc3F)C3CCOCC3)c2c1. The van der Waals surface area contributed by atoms with Gasteiger partial charge < -0.3 is 19.1 Å². The molecule has 0 N–H and O–H groups in total. The minimum Gasteiger partial charge on any atom is -0.381 e. The van der Waals surface area contributed by atoms with E-state index in [1.165, 1.54) is 0 Å². The number of carbonyl (C=O) groups excluding carboxylic acids is 1. The Morgan fingerprint density at radius 3 is 2.54 bits per heavy atom. The van der Waals surface area contributed by atoms with E-state index in [-0.39, 0.29) is 23.7 Å². The summed E-state index contributed by atoms with van der Waals surface area (Å²) >= 11 is 0. The third-order valence-electron chi connectivity index (χ3n) is 9.85. The fraction of sp³-hybridized carbons (Fsp3) is 0.457. The van der Waals surface area contributed by atoms with E-state index >= 15 is 4.39 Å².